The minimum atomic E-state index is -1.04. The summed E-state index contributed by atoms with van der Waals surface area (Å²) in [6, 6.07) is 0. The van der Waals surface area contributed by atoms with E-state index in [4.69, 9.17) is 5.11 Å². The Labute approximate surface area is 57.9 Å². The Hall–Kier alpha value is -0.710. The van der Waals surface area contributed by atoms with Gasteiger partial charge in [0.15, 0.2) is 0 Å². The van der Waals surface area contributed by atoms with Gasteiger partial charge < -0.3 is 10.0 Å². The van der Waals surface area contributed by atoms with Gasteiger partial charge in [-0.2, -0.15) is 0 Å². The number of hydrogen-bond donors (Lipinski definition) is 2. The molecule has 0 aromatic heterocycles. The highest BCUT2D eigenvalue weighted by atomic mass is 32.1. The first-order valence-corrected chi connectivity index (χ1v) is 2.64. The standard InChI is InChI=1S/C4H7NO3S/c1-5(4(8)9)2-3(6)7/h2H2,1H3,(H,6,7)(H,8,9). The molecule has 0 unspecified atom stereocenters. The Morgan fingerprint density at radius 1 is 1.67 bits per heavy atom. The third-order valence-electron chi connectivity index (χ3n) is 0.699. The van der Waals surface area contributed by atoms with Crippen LogP contribution in [0.4, 0.5) is 4.79 Å². The number of carboxylic acid groups (broad SMARTS) is 1. The lowest BCUT2D eigenvalue weighted by molar-refractivity contribution is -0.137. The summed E-state index contributed by atoms with van der Waals surface area (Å²) < 4.78 is 0. The molecule has 5 heteroatoms. The Kier molecular flexibility index (Phi) is 3.08. The van der Waals surface area contributed by atoms with Gasteiger partial charge in [-0.1, -0.05) is 12.6 Å². The van der Waals surface area contributed by atoms with Gasteiger partial charge in [0, 0.05) is 7.05 Å². The molecule has 0 radical (unpaired) electrons. The Balaban J connectivity index is 3.63. The molecule has 0 aliphatic heterocycles. The molecule has 0 fully saturated rings. The average Bonchev–Trinajstić information content (AvgIpc) is 1.63. The summed E-state index contributed by atoms with van der Waals surface area (Å²) in [5.74, 6) is -1.04. The number of carbonyl (C=O) groups is 2. The van der Waals surface area contributed by atoms with E-state index < -0.39 is 11.2 Å². The van der Waals surface area contributed by atoms with Gasteiger partial charge in [0.1, 0.15) is 6.54 Å². The predicted octanol–water partition coefficient (Wildman–Crippen LogP) is 0.0526. The molecular weight excluding hydrogens is 142 g/mol. The minimum Gasteiger partial charge on any atom is -0.480 e. The van der Waals surface area contributed by atoms with Crippen LogP contribution in [-0.4, -0.2) is 34.8 Å². The SMILES string of the molecule is CN(CC(=O)O)C(=O)S. The molecule has 0 saturated carbocycles. The van der Waals surface area contributed by atoms with Crippen molar-refractivity contribution in [3.05, 3.63) is 0 Å². The zero-order chi connectivity index (χ0) is 7.44. The maximum Gasteiger partial charge on any atom is 0.323 e. The number of aliphatic carboxylic acids is 1. The zero-order valence-electron chi connectivity index (χ0n) is 4.87. The maximum absolute atomic E-state index is 10.2. The smallest absolute Gasteiger partial charge is 0.323 e. The van der Waals surface area contributed by atoms with Crippen molar-refractivity contribution in [2.75, 3.05) is 13.6 Å². The van der Waals surface area contributed by atoms with Crippen molar-refractivity contribution in [3.63, 3.8) is 0 Å². The first-order chi connectivity index (χ1) is 4.04. The number of amides is 1. The van der Waals surface area contributed by atoms with Gasteiger partial charge >= 0.3 is 5.97 Å². The van der Waals surface area contributed by atoms with Gasteiger partial charge in [0.25, 0.3) is 5.24 Å². The number of carboxylic acids is 1. The summed E-state index contributed by atoms with van der Waals surface area (Å²) in [5, 5.41) is 7.56. The molecule has 0 aliphatic carbocycles. The second-order valence-electron chi connectivity index (χ2n) is 1.53. The summed E-state index contributed by atoms with van der Waals surface area (Å²) in [6.45, 7) is -0.303. The number of thiol groups is 1. The van der Waals surface area contributed by atoms with Crippen molar-refractivity contribution < 1.29 is 14.7 Å². The molecule has 0 atom stereocenters. The van der Waals surface area contributed by atoms with Crippen LogP contribution in [0.2, 0.25) is 0 Å². The van der Waals surface area contributed by atoms with Crippen molar-refractivity contribution in [3.8, 4) is 0 Å². The van der Waals surface area contributed by atoms with E-state index in [1.807, 2.05) is 0 Å². The molecule has 0 rings (SSSR count). The first kappa shape index (κ1) is 8.29. The van der Waals surface area contributed by atoms with Crippen molar-refractivity contribution in [1.82, 2.24) is 4.90 Å². The maximum atomic E-state index is 10.2. The number of likely N-dealkylation sites (N-methyl/N-ethyl adjacent to an activating group) is 1. The molecular formula is C4H7NO3S. The van der Waals surface area contributed by atoms with Crippen LogP contribution in [0.1, 0.15) is 0 Å². The van der Waals surface area contributed by atoms with E-state index in [-0.39, 0.29) is 6.54 Å². The van der Waals surface area contributed by atoms with Crippen LogP contribution in [0.3, 0.4) is 0 Å². The fourth-order valence-electron chi connectivity index (χ4n) is 0.271. The molecule has 0 heterocycles. The number of nitrogens with zero attached hydrogens (tertiary/aromatic N) is 1. The van der Waals surface area contributed by atoms with E-state index in [2.05, 4.69) is 12.6 Å². The molecule has 0 spiro atoms. The van der Waals surface area contributed by atoms with Crippen molar-refractivity contribution >= 4 is 23.8 Å². The molecule has 0 aliphatic rings. The van der Waals surface area contributed by atoms with Gasteiger partial charge in [0.05, 0.1) is 0 Å². The van der Waals surface area contributed by atoms with Gasteiger partial charge in [-0.25, -0.2) is 0 Å². The van der Waals surface area contributed by atoms with Crippen molar-refractivity contribution in [2.24, 2.45) is 0 Å². The van der Waals surface area contributed by atoms with Gasteiger partial charge in [-0.15, -0.1) is 0 Å². The van der Waals surface area contributed by atoms with E-state index in [0.29, 0.717) is 0 Å². The largest absolute Gasteiger partial charge is 0.480 e. The van der Waals surface area contributed by atoms with Crippen LogP contribution >= 0.6 is 12.6 Å². The van der Waals surface area contributed by atoms with Crippen molar-refractivity contribution in [1.29, 1.82) is 0 Å². The minimum absolute atomic E-state index is 0.303. The molecule has 9 heavy (non-hydrogen) atoms. The lowest BCUT2D eigenvalue weighted by Gasteiger charge is -2.08. The van der Waals surface area contributed by atoms with Crippen LogP contribution in [0.15, 0.2) is 0 Å². The van der Waals surface area contributed by atoms with Gasteiger partial charge in [-0.05, 0) is 0 Å². The predicted molar refractivity (Wildman–Crippen MR) is 34.6 cm³/mol. The Morgan fingerprint density at radius 3 is 2.22 bits per heavy atom. The lowest BCUT2D eigenvalue weighted by atomic mass is 10.6. The highest BCUT2D eigenvalue weighted by molar-refractivity contribution is 7.96. The number of carbonyl (C=O) groups excluding carboxylic acids is 1. The van der Waals surface area contributed by atoms with E-state index in [1.54, 1.807) is 0 Å². The summed E-state index contributed by atoms with van der Waals surface area (Å²) in [7, 11) is 1.36. The van der Waals surface area contributed by atoms with Crippen LogP contribution in [0, 0.1) is 0 Å². The quantitative estimate of drug-likeness (QED) is 0.545. The van der Waals surface area contributed by atoms with Crippen molar-refractivity contribution in [2.45, 2.75) is 0 Å². The fourth-order valence-corrected chi connectivity index (χ4v) is 0.341. The topological polar surface area (TPSA) is 57.6 Å². The molecule has 4 nitrogen and oxygen atoms in total. The average molecular weight is 149 g/mol. The summed E-state index contributed by atoms with van der Waals surface area (Å²) in [4.78, 5) is 21.1. The van der Waals surface area contributed by atoms with E-state index in [9.17, 15) is 9.59 Å². The highest BCUT2D eigenvalue weighted by Gasteiger charge is 2.05. The van der Waals surface area contributed by atoms with Gasteiger partial charge in [0.2, 0.25) is 0 Å². The van der Waals surface area contributed by atoms with E-state index in [1.165, 1.54) is 7.05 Å². The molecule has 52 valence electrons. The molecule has 1 amide bonds. The summed E-state index contributed by atoms with van der Waals surface area (Å²) >= 11 is 3.39. The van der Waals surface area contributed by atoms with Gasteiger partial charge in [-0.3, -0.25) is 9.59 Å². The molecule has 0 saturated heterocycles. The number of hydrogen-bond acceptors (Lipinski definition) is 2. The van der Waals surface area contributed by atoms with Crippen LogP contribution in [0.25, 0.3) is 0 Å². The molecule has 0 bridgehead atoms. The normalized spacial score (nSPS) is 8.67. The third-order valence-corrected chi connectivity index (χ3v) is 1.04. The van der Waals surface area contributed by atoms with Crippen LogP contribution < -0.4 is 0 Å². The van der Waals surface area contributed by atoms with E-state index in [0.717, 1.165) is 4.90 Å². The number of rotatable bonds is 2. The molecule has 0 aromatic carbocycles. The zero-order valence-corrected chi connectivity index (χ0v) is 5.76. The van der Waals surface area contributed by atoms with Crippen LogP contribution in [-0.2, 0) is 4.79 Å². The summed E-state index contributed by atoms with van der Waals surface area (Å²) in [6.07, 6.45) is 0. The Bertz CT molecular complexity index is 136. The molecule has 1 N–H and O–H groups in total. The Morgan fingerprint density at radius 2 is 2.11 bits per heavy atom. The third kappa shape index (κ3) is 3.84. The fraction of sp³-hybridized carbons (Fsp3) is 0.500. The molecule has 0 aromatic rings. The first-order valence-electron chi connectivity index (χ1n) is 2.20. The second kappa shape index (κ2) is 3.34. The summed E-state index contributed by atoms with van der Waals surface area (Å²) in [5.41, 5.74) is 0. The second-order valence-corrected chi connectivity index (χ2v) is 1.91. The highest BCUT2D eigenvalue weighted by Crippen LogP contribution is 1.89. The monoisotopic (exact) mass is 149 g/mol. The van der Waals surface area contributed by atoms with Crippen LogP contribution in [0.5, 0.6) is 0 Å². The van der Waals surface area contributed by atoms with E-state index >= 15 is 0 Å². The lowest BCUT2D eigenvalue weighted by Crippen LogP contribution is -2.27.